The number of rotatable bonds is 0. The van der Waals surface area contributed by atoms with Crippen LogP contribution in [0.15, 0.2) is 12.1 Å². The molecule has 0 aromatic heterocycles. The number of carbonyl (C=O) groups is 1. The van der Waals surface area contributed by atoms with Crippen LogP contribution in [0, 0.1) is 0 Å². The van der Waals surface area contributed by atoms with E-state index in [1.165, 1.54) is 0 Å². The van der Waals surface area contributed by atoms with Crippen LogP contribution in [-0.2, 0) is 6.42 Å². The number of fused-ring (bicyclic) bond motifs is 2. The van der Waals surface area contributed by atoms with Crippen LogP contribution in [0.3, 0.4) is 0 Å². The van der Waals surface area contributed by atoms with Crippen molar-refractivity contribution >= 4 is 22.7 Å². The number of hydrogen-bond donors (Lipinski definition) is 0. The van der Waals surface area contributed by atoms with Gasteiger partial charge < -0.3 is 9.47 Å². The number of hydrogen-bond acceptors (Lipinski definition) is 3. The quantitative estimate of drug-likeness (QED) is 0.502. The molecule has 78 valence electrons. The molecule has 1 aromatic rings. The van der Waals surface area contributed by atoms with Gasteiger partial charge in [0.05, 0.1) is 5.69 Å². The fourth-order valence-corrected chi connectivity index (χ4v) is 2.14. The summed E-state index contributed by atoms with van der Waals surface area (Å²) in [7, 11) is 0. The van der Waals surface area contributed by atoms with E-state index in [1.54, 1.807) is 4.90 Å². The molecule has 0 spiro atoms. The van der Waals surface area contributed by atoms with Gasteiger partial charge in [-0.2, -0.15) is 0 Å². The van der Waals surface area contributed by atoms with Crippen molar-refractivity contribution in [2.24, 2.45) is 0 Å². The molecule has 1 aromatic carbocycles. The lowest BCUT2D eigenvalue weighted by molar-refractivity contribution is 0.174. The van der Waals surface area contributed by atoms with Gasteiger partial charge in [0.2, 0.25) is 6.79 Å². The minimum atomic E-state index is -0.451. The monoisotopic (exact) mass is 225 g/mol. The van der Waals surface area contributed by atoms with E-state index in [0.717, 1.165) is 23.4 Å². The molecular formula is C10H8ClNO3. The molecular weight excluding hydrogens is 218 g/mol. The molecule has 0 N–H and O–H groups in total. The highest BCUT2D eigenvalue weighted by Gasteiger charge is 2.27. The molecule has 4 nitrogen and oxygen atoms in total. The Morgan fingerprint density at radius 3 is 2.80 bits per heavy atom. The normalized spacial score (nSPS) is 16.7. The van der Waals surface area contributed by atoms with Crippen molar-refractivity contribution in [2.75, 3.05) is 18.2 Å². The first kappa shape index (κ1) is 8.85. The summed E-state index contributed by atoms with van der Waals surface area (Å²) in [5.74, 6) is 1.43. The molecule has 0 unspecified atom stereocenters. The lowest BCUT2D eigenvalue weighted by Gasteiger charge is -2.12. The first-order valence-corrected chi connectivity index (χ1v) is 5.03. The molecule has 0 saturated carbocycles. The van der Waals surface area contributed by atoms with Crippen LogP contribution in [0.1, 0.15) is 5.56 Å². The molecule has 5 heteroatoms. The van der Waals surface area contributed by atoms with Crippen molar-refractivity contribution in [2.45, 2.75) is 6.42 Å². The minimum Gasteiger partial charge on any atom is -0.454 e. The van der Waals surface area contributed by atoms with Gasteiger partial charge in [-0.1, -0.05) is 0 Å². The van der Waals surface area contributed by atoms with E-state index in [0.29, 0.717) is 12.3 Å². The predicted octanol–water partition coefficient (Wildman–Crippen LogP) is 2.14. The Bertz CT molecular complexity index is 447. The van der Waals surface area contributed by atoms with Gasteiger partial charge in [-0.05, 0) is 29.7 Å². The van der Waals surface area contributed by atoms with Crippen LogP contribution < -0.4 is 14.4 Å². The van der Waals surface area contributed by atoms with Crippen molar-refractivity contribution in [3.8, 4) is 11.5 Å². The number of ether oxygens (including phenoxy) is 2. The second-order valence-corrected chi connectivity index (χ2v) is 3.81. The smallest absolute Gasteiger partial charge is 0.320 e. The van der Waals surface area contributed by atoms with Crippen LogP contribution in [0.2, 0.25) is 0 Å². The van der Waals surface area contributed by atoms with Crippen LogP contribution in [0.25, 0.3) is 0 Å². The number of amides is 1. The first-order chi connectivity index (χ1) is 7.25. The number of halogens is 1. The van der Waals surface area contributed by atoms with E-state index in [4.69, 9.17) is 21.1 Å². The van der Waals surface area contributed by atoms with Crippen molar-refractivity contribution in [3.05, 3.63) is 17.7 Å². The highest BCUT2D eigenvalue weighted by atomic mass is 35.5. The third kappa shape index (κ3) is 1.25. The number of benzene rings is 1. The molecule has 0 atom stereocenters. The molecule has 15 heavy (non-hydrogen) atoms. The molecule has 2 heterocycles. The molecule has 2 aliphatic heterocycles. The van der Waals surface area contributed by atoms with Crippen molar-refractivity contribution < 1.29 is 14.3 Å². The van der Waals surface area contributed by atoms with Crippen molar-refractivity contribution in [1.82, 2.24) is 0 Å². The summed E-state index contributed by atoms with van der Waals surface area (Å²) in [5, 5.41) is -0.451. The van der Waals surface area contributed by atoms with Crippen LogP contribution in [-0.4, -0.2) is 18.7 Å². The third-order valence-electron chi connectivity index (χ3n) is 2.68. The topological polar surface area (TPSA) is 38.8 Å². The average molecular weight is 226 g/mol. The fraction of sp³-hybridized carbons (Fsp3) is 0.300. The zero-order valence-corrected chi connectivity index (χ0v) is 8.58. The Morgan fingerprint density at radius 2 is 2.07 bits per heavy atom. The average Bonchev–Trinajstić information content (AvgIpc) is 2.77. The van der Waals surface area contributed by atoms with Gasteiger partial charge in [-0.3, -0.25) is 9.69 Å². The van der Waals surface area contributed by atoms with Gasteiger partial charge in [0, 0.05) is 12.6 Å². The maximum Gasteiger partial charge on any atom is 0.320 e. The van der Waals surface area contributed by atoms with Gasteiger partial charge in [0.15, 0.2) is 11.5 Å². The standard InChI is InChI=1S/C10H8ClNO3/c11-10(13)12-2-1-6-3-8-9(4-7(6)12)15-5-14-8/h3-4H,1-2,5H2. The third-order valence-corrected chi connectivity index (χ3v) is 2.89. The Labute approximate surface area is 91.3 Å². The van der Waals surface area contributed by atoms with E-state index in [2.05, 4.69) is 0 Å². The molecule has 2 aliphatic rings. The Balaban J connectivity index is 2.10. The van der Waals surface area contributed by atoms with E-state index in [-0.39, 0.29) is 6.79 Å². The number of anilines is 1. The molecule has 0 fully saturated rings. The van der Waals surface area contributed by atoms with Gasteiger partial charge >= 0.3 is 5.37 Å². The lowest BCUT2D eigenvalue weighted by Crippen LogP contribution is -2.22. The summed E-state index contributed by atoms with van der Waals surface area (Å²) in [6, 6.07) is 3.72. The predicted molar refractivity (Wildman–Crippen MR) is 54.9 cm³/mol. The zero-order chi connectivity index (χ0) is 10.4. The van der Waals surface area contributed by atoms with Gasteiger partial charge in [-0.15, -0.1) is 0 Å². The summed E-state index contributed by atoms with van der Waals surface area (Å²) in [6.07, 6.45) is 0.810. The Kier molecular flexibility index (Phi) is 1.79. The largest absolute Gasteiger partial charge is 0.454 e. The highest BCUT2D eigenvalue weighted by Crippen LogP contribution is 2.41. The van der Waals surface area contributed by atoms with E-state index in [1.807, 2.05) is 12.1 Å². The maximum absolute atomic E-state index is 11.1. The minimum absolute atomic E-state index is 0.243. The number of nitrogens with zero attached hydrogens (tertiary/aromatic N) is 1. The van der Waals surface area contributed by atoms with Gasteiger partial charge in [0.25, 0.3) is 0 Å². The number of carbonyl (C=O) groups excluding carboxylic acids is 1. The van der Waals surface area contributed by atoms with Gasteiger partial charge in [0.1, 0.15) is 0 Å². The SMILES string of the molecule is O=C(Cl)N1CCc2cc3c(cc21)OCO3. The zero-order valence-electron chi connectivity index (χ0n) is 7.83. The molecule has 3 rings (SSSR count). The van der Waals surface area contributed by atoms with Crippen LogP contribution in [0.4, 0.5) is 10.5 Å². The van der Waals surface area contributed by atoms with E-state index < -0.39 is 5.37 Å². The van der Waals surface area contributed by atoms with Crippen LogP contribution in [0.5, 0.6) is 11.5 Å². The molecule has 0 aliphatic carbocycles. The van der Waals surface area contributed by atoms with E-state index in [9.17, 15) is 4.79 Å². The molecule has 0 radical (unpaired) electrons. The second-order valence-electron chi connectivity index (χ2n) is 3.49. The summed E-state index contributed by atoms with van der Waals surface area (Å²) < 4.78 is 10.5. The summed E-state index contributed by atoms with van der Waals surface area (Å²) in [5.41, 5.74) is 1.91. The van der Waals surface area contributed by atoms with Crippen molar-refractivity contribution in [3.63, 3.8) is 0 Å². The molecule has 0 saturated heterocycles. The lowest BCUT2D eigenvalue weighted by atomic mass is 10.1. The Morgan fingerprint density at radius 1 is 1.33 bits per heavy atom. The molecule has 1 amide bonds. The summed E-state index contributed by atoms with van der Waals surface area (Å²) in [4.78, 5) is 12.7. The first-order valence-electron chi connectivity index (χ1n) is 4.65. The Hall–Kier alpha value is -1.42. The van der Waals surface area contributed by atoms with Crippen molar-refractivity contribution in [1.29, 1.82) is 0 Å². The van der Waals surface area contributed by atoms with E-state index >= 15 is 0 Å². The fourth-order valence-electron chi connectivity index (χ4n) is 1.96. The van der Waals surface area contributed by atoms with Crippen LogP contribution >= 0.6 is 11.6 Å². The summed E-state index contributed by atoms with van der Waals surface area (Å²) >= 11 is 5.48. The van der Waals surface area contributed by atoms with Gasteiger partial charge in [-0.25, -0.2) is 0 Å². The maximum atomic E-state index is 11.1. The molecule has 0 bridgehead atoms. The second kappa shape index (κ2) is 3.03. The highest BCUT2D eigenvalue weighted by molar-refractivity contribution is 6.66. The summed E-state index contributed by atoms with van der Waals surface area (Å²) in [6.45, 7) is 0.869.